The second-order valence-electron chi connectivity index (χ2n) is 5.22. The normalized spacial score (nSPS) is 45.2. The predicted molar refractivity (Wildman–Crippen MR) is 56.4 cm³/mol. The molecular formula is C12H21N. The molecule has 2 aliphatic rings. The van der Waals surface area contributed by atoms with Gasteiger partial charge in [0.1, 0.15) is 0 Å². The van der Waals surface area contributed by atoms with Gasteiger partial charge in [0, 0.05) is 11.2 Å². The van der Waals surface area contributed by atoms with Gasteiger partial charge in [-0.05, 0) is 43.9 Å². The van der Waals surface area contributed by atoms with Gasteiger partial charge in [0.05, 0.1) is 0 Å². The number of hydrogen-bond acceptors (Lipinski definition) is 1. The van der Waals surface area contributed by atoms with Gasteiger partial charge in [0.15, 0.2) is 0 Å². The van der Waals surface area contributed by atoms with Gasteiger partial charge in [-0.25, -0.2) is 0 Å². The topological polar surface area (TPSA) is 12.0 Å². The largest absolute Gasteiger partial charge is 0.383 e. The van der Waals surface area contributed by atoms with Crippen molar-refractivity contribution >= 4 is 0 Å². The maximum atomic E-state index is 4.09. The SMILES string of the molecule is C=C1N[C@]2(CC[C@H](C)CC2)CC1C. The first-order chi connectivity index (χ1) is 6.11. The molecule has 1 unspecified atom stereocenters. The van der Waals surface area contributed by atoms with E-state index in [1.165, 1.54) is 37.8 Å². The van der Waals surface area contributed by atoms with Crippen molar-refractivity contribution in [3.8, 4) is 0 Å². The van der Waals surface area contributed by atoms with Crippen molar-refractivity contribution in [2.45, 2.75) is 51.5 Å². The van der Waals surface area contributed by atoms with E-state index in [1.807, 2.05) is 0 Å². The minimum Gasteiger partial charge on any atom is -0.383 e. The average molecular weight is 179 g/mol. The fourth-order valence-electron chi connectivity index (χ4n) is 2.87. The van der Waals surface area contributed by atoms with Gasteiger partial charge in [0.25, 0.3) is 0 Å². The molecule has 0 aromatic rings. The van der Waals surface area contributed by atoms with Gasteiger partial charge in [-0.3, -0.25) is 0 Å². The van der Waals surface area contributed by atoms with E-state index < -0.39 is 0 Å². The first-order valence-electron chi connectivity index (χ1n) is 5.58. The Labute approximate surface area is 81.6 Å². The third kappa shape index (κ3) is 1.61. The molecule has 2 rings (SSSR count). The highest BCUT2D eigenvalue weighted by molar-refractivity contribution is 5.14. The average Bonchev–Trinajstić information content (AvgIpc) is 2.36. The molecule has 74 valence electrons. The van der Waals surface area contributed by atoms with Gasteiger partial charge in [-0.15, -0.1) is 0 Å². The van der Waals surface area contributed by atoms with E-state index in [4.69, 9.17) is 0 Å². The zero-order valence-corrected chi connectivity index (χ0v) is 8.90. The van der Waals surface area contributed by atoms with Crippen LogP contribution in [-0.2, 0) is 0 Å². The quantitative estimate of drug-likeness (QED) is 0.602. The van der Waals surface area contributed by atoms with Crippen LogP contribution >= 0.6 is 0 Å². The Morgan fingerprint density at radius 2 is 1.92 bits per heavy atom. The van der Waals surface area contributed by atoms with Crippen LogP contribution in [0.2, 0.25) is 0 Å². The molecule has 0 bridgehead atoms. The Morgan fingerprint density at radius 1 is 1.31 bits per heavy atom. The van der Waals surface area contributed by atoms with Crippen molar-refractivity contribution in [2.24, 2.45) is 11.8 Å². The lowest BCUT2D eigenvalue weighted by Crippen LogP contribution is -2.41. The third-order valence-electron chi connectivity index (χ3n) is 3.95. The van der Waals surface area contributed by atoms with Crippen LogP contribution in [0.15, 0.2) is 12.3 Å². The van der Waals surface area contributed by atoms with Gasteiger partial charge in [-0.2, -0.15) is 0 Å². The van der Waals surface area contributed by atoms with Crippen molar-refractivity contribution in [3.05, 3.63) is 12.3 Å². The first-order valence-corrected chi connectivity index (χ1v) is 5.58. The lowest BCUT2D eigenvalue weighted by molar-refractivity contribution is 0.219. The van der Waals surface area contributed by atoms with Crippen LogP contribution in [0.1, 0.15) is 46.0 Å². The molecular weight excluding hydrogens is 158 g/mol. The minimum absolute atomic E-state index is 0.447. The summed E-state index contributed by atoms with van der Waals surface area (Å²) in [7, 11) is 0. The summed E-state index contributed by atoms with van der Waals surface area (Å²) in [4.78, 5) is 0. The number of nitrogens with one attached hydrogen (secondary N) is 1. The molecule has 1 spiro atoms. The predicted octanol–water partition coefficient (Wildman–Crippen LogP) is 3.08. The van der Waals surface area contributed by atoms with Crippen LogP contribution in [0.3, 0.4) is 0 Å². The van der Waals surface area contributed by atoms with E-state index >= 15 is 0 Å². The molecule has 0 aromatic carbocycles. The van der Waals surface area contributed by atoms with Gasteiger partial charge in [0.2, 0.25) is 0 Å². The lowest BCUT2D eigenvalue weighted by Gasteiger charge is -2.36. The third-order valence-corrected chi connectivity index (χ3v) is 3.95. The van der Waals surface area contributed by atoms with Crippen LogP contribution in [0, 0.1) is 11.8 Å². The Balaban J connectivity index is 2.03. The highest BCUT2D eigenvalue weighted by Gasteiger charge is 2.40. The zero-order valence-electron chi connectivity index (χ0n) is 8.90. The standard InChI is InChI=1S/C12H21N/c1-9-4-6-12(7-5-9)8-10(2)11(3)13-12/h9-10,13H,3-8H2,1-2H3/t9-,10?,12-. The minimum atomic E-state index is 0.447. The van der Waals surface area contributed by atoms with Crippen molar-refractivity contribution in [1.82, 2.24) is 5.32 Å². The van der Waals surface area contributed by atoms with E-state index in [-0.39, 0.29) is 0 Å². The summed E-state index contributed by atoms with van der Waals surface area (Å²) in [6, 6.07) is 0. The zero-order chi connectivity index (χ0) is 9.47. The lowest BCUT2D eigenvalue weighted by atomic mass is 9.75. The fraction of sp³-hybridized carbons (Fsp3) is 0.833. The molecule has 13 heavy (non-hydrogen) atoms. The Bertz CT molecular complexity index is 211. The Hall–Kier alpha value is -0.460. The summed E-state index contributed by atoms with van der Waals surface area (Å²) in [5.41, 5.74) is 1.72. The molecule has 0 radical (unpaired) electrons. The van der Waals surface area contributed by atoms with Crippen LogP contribution in [-0.4, -0.2) is 5.54 Å². The van der Waals surface area contributed by atoms with Crippen molar-refractivity contribution in [2.75, 3.05) is 0 Å². The van der Waals surface area contributed by atoms with E-state index in [0.29, 0.717) is 11.5 Å². The number of rotatable bonds is 0. The maximum absolute atomic E-state index is 4.09. The summed E-state index contributed by atoms with van der Waals surface area (Å²) >= 11 is 0. The summed E-state index contributed by atoms with van der Waals surface area (Å²) in [6.07, 6.45) is 6.83. The van der Waals surface area contributed by atoms with Crippen molar-refractivity contribution < 1.29 is 0 Å². The summed E-state index contributed by atoms with van der Waals surface area (Å²) in [5, 5.41) is 3.65. The van der Waals surface area contributed by atoms with Crippen LogP contribution in [0.25, 0.3) is 0 Å². The van der Waals surface area contributed by atoms with Crippen molar-refractivity contribution in [1.29, 1.82) is 0 Å². The van der Waals surface area contributed by atoms with E-state index in [1.54, 1.807) is 0 Å². The second-order valence-corrected chi connectivity index (χ2v) is 5.22. The molecule has 1 heteroatoms. The summed E-state index contributed by atoms with van der Waals surface area (Å²) in [6.45, 7) is 8.76. The molecule has 1 aliphatic carbocycles. The van der Waals surface area contributed by atoms with Crippen LogP contribution in [0.4, 0.5) is 0 Å². The number of hydrogen-bond donors (Lipinski definition) is 1. The summed E-state index contributed by atoms with van der Waals surface area (Å²) < 4.78 is 0. The second kappa shape index (κ2) is 3.04. The highest BCUT2D eigenvalue weighted by Crippen LogP contribution is 2.42. The molecule has 1 nitrogen and oxygen atoms in total. The van der Waals surface area contributed by atoms with E-state index in [2.05, 4.69) is 25.7 Å². The van der Waals surface area contributed by atoms with Crippen LogP contribution < -0.4 is 5.32 Å². The number of allylic oxidation sites excluding steroid dienone is 1. The Morgan fingerprint density at radius 3 is 2.38 bits per heavy atom. The maximum Gasteiger partial charge on any atom is 0.0377 e. The molecule has 0 amide bonds. The molecule has 1 atom stereocenters. The molecule has 1 saturated heterocycles. The Kier molecular flexibility index (Phi) is 2.13. The highest BCUT2D eigenvalue weighted by atomic mass is 15.0. The monoisotopic (exact) mass is 179 g/mol. The molecule has 1 saturated carbocycles. The summed E-state index contributed by atoms with van der Waals surface area (Å²) in [5.74, 6) is 1.63. The van der Waals surface area contributed by atoms with Crippen LogP contribution in [0.5, 0.6) is 0 Å². The molecule has 1 aliphatic heterocycles. The molecule has 0 aromatic heterocycles. The smallest absolute Gasteiger partial charge is 0.0377 e. The van der Waals surface area contributed by atoms with Gasteiger partial charge >= 0.3 is 0 Å². The molecule has 1 N–H and O–H groups in total. The van der Waals surface area contributed by atoms with E-state index in [0.717, 1.165) is 5.92 Å². The first kappa shape index (κ1) is 9.11. The van der Waals surface area contributed by atoms with E-state index in [9.17, 15) is 0 Å². The van der Waals surface area contributed by atoms with Gasteiger partial charge in [-0.1, -0.05) is 20.4 Å². The van der Waals surface area contributed by atoms with Crippen molar-refractivity contribution in [3.63, 3.8) is 0 Å². The fourth-order valence-corrected chi connectivity index (χ4v) is 2.87. The molecule has 1 heterocycles. The van der Waals surface area contributed by atoms with Gasteiger partial charge < -0.3 is 5.32 Å². The molecule has 2 fully saturated rings.